The van der Waals surface area contributed by atoms with Crippen molar-refractivity contribution in [1.29, 1.82) is 0 Å². The topological polar surface area (TPSA) is 26.3 Å². The maximum Gasteiger partial charge on any atom is 0.333 e. The van der Waals surface area contributed by atoms with Gasteiger partial charge in [-0.2, -0.15) is 0 Å². The molecule has 15 heavy (non-hydrogen) atoms. The van der Waals surface area contributed by atoms with Gasteiger partial charge in [0.05, 0.1) is 27.7 Å². The molecule has 0 bridgehead atoms. The van der Waals surface area contributed by atoms with E-state index in [1.807, 2.05) is 13.8 Å². The van der Waals surface area contributed by atoms with Crippen molar-refractivity contribution in [2.24, 2.45) is 0 Å². The summed E-state index contributed by atoms with van der Waals surface area (Å²) in [6.45, 7) is 10.1. The first kappa shape index (κ1) is 14.2. The van der Waals surface area contributed by atoms with E-state index in [4.69, 9.17) is 4.74 Å². The van der Waals surface area contributed by atoms with Crippen molar-refractivity contribution in [2.75, 3.05) is 27.7 Å². The number of esters is 1. The third kappa shape index (κ3) is 7.14. The zero-order chi connectivity index (χ0) is 12.3. The van der Waals surface area contributed by atoms with Crippen molar-refractivity contribution >= 4 is 5.97 Å². The number of hydrogen-bond donors (Lipinski definition) is 0. The summed E-state index contributed by atoms with van der Waals surface area (Å²) in [5.74, 6) is -0.304. The predicted molar refractivity (Wildman–Crippen MR) is 62.5 cm³/mol. The highest BCUT2D eigenvalue weighted by Crippen LogP contribution is 2.17. The third-order valence-electron chi connectivity index (χ3n) is 2.10. The normalized spacial score (nSPS) is 12.4. The number of ether oxygens (including phenoxy) is 1. The first-order chi connectivity index (χ1) is 6.53. The highest BCUT2D eigenvalue weighted by molar-refractivity contribution is 5.87. The molecule has 0 saturated carbocycles. The number of nitrogens with zero attached hydrogens (tertiary/aromatic N) is 1. The van der Waals surface area contributed by atoms with Gasteiger partial charge < -0.3 is 9.22 Å². The Balaban J connectivity index is 4.19. The van der Waals surface area contributed by atoms with Crippen molar-refractivity contribution < 1.29 is 14.0 Å². The van der Waals surface area contributed by atoms with Crippen molar-refractivity contribution in [3.8, 4) is 0 Å². The molecule has 0 saturated heterocycles. The molecule has 0 aromatic heterocycles. The van der Waals surface area contributed by atoms with Crippen LogP contribution in [0.3, 0.4) is 0 Å². The third-order valence-corrected chi connectivity index (χ3v) is 2.10. The lowest BCUT2D eigenvalue weighted by atomic mass is 10.0. The fourth-order valence-electron chi connectivity index (χ4n) is 0.994. The molecule has 3 nitrogen and oxygen atoms in total. The first-order valence-corrected chi connectivity index (χ1v) is 5.23. The number of quaternary nitrogens is 1. The maximum atomic E-state index is 11.4. The van der Waals surface area contributed by atoms with Crippen molar-refractivity contribution in [1.82, 2.24) is 0 Å². The summed E-state index contributed by atoms with van der Waals surface area (Å²) < 4.78 is 6.22. The van der Waals surface area contributed by atoms with Gasteiger partial charge in [0.25, 0.3) is 0 Å². The average Bonchev–Trinajstić information content (AvgIpc) is 1.99. The zero-order valence-corrected chi connectivity index (χ0v) is 10.9. The van der Waals surface area contributed by atoms with Gasteiger partial charge in [-0.3, -0.25) is 0 Å². The van der Waals surface area contributed by atoms with Gasteiger partial charge in [0.2, 0.25) is 0 Å². The Hall–Kier alpha value is -0.830. The molecule has 0 amide bonds. The van der Waals surface area contributed by atoms with Gasteiger partial charge >= 0.3 is 5.97 Å². The van der Waals surface area contributed by atoms with Gasteiger partial charge in [-0.15, -0.1) is 0 Å². The largest absolute Gasteiger partial charge is 0.456 e. The molecule has 0 fully saturated rings. The summed E-state index contributed by atoms with van der Waals surface area (Å²) in [5, 5.41) is 0. The number of rotatable bonds is 5. The second-order valence-electron chi connectivity index (χ2n) is 5.69. The van der Waals surface area contributed by atoms with Gasteiger partial charge in [-0.1, -0.05) is 6.58 Å². The SMILES string of the molecule is C=C(C)C(=O)OC(C)(C)CC[N+](C)(C)C. The number of carbonyl (C=O) groups excluding carboxylic acids is 1. The van der Waals surface area contributed by atoms with Crippen LogP contribution in [0.5, 0.6) is 0 Å². The van der Waals surface area contributed by atoms with E-state index in [-0.39, 0.29) is 5.97 Å². The van der Waals surface area contributed by atoms with Gasteiger partial charge in [-0.05, 0) is 20.8 Å². The minimum Gasteiger partial charge on any atom is -0.456 e. The Bertz CT molecular complexity index is 249. The summed E-state index contributed by atoms with van der Waals surface area (Å²) in [7, 11) is 6.37. The Morgan fingerprint density at radius 2 is 1.80 bits per heavy atom. The molecule has 0 aromatic carbocycles. The van der Waals surface area contributed by atoms with E-state index < -0.39 is 5.60 Å². The first-order valence-electron chi connectivity index (χ1n) is 5.23. The van der Waals surface area contributed by atoms with Gasteiger partial charge in [-0.25, -0.2) is 4.79 Å². The Kier molecular flexibility index (Phi) is 4.53. The summed E-state index contributed by atoms with van der Waals surface area (Å²) >= 11 is 0. The maximum absolute atomic E-state index is 11.4. The molecule has 0 N–H and O–H groups in total. The second-order valence-corrected chi connectivity index (χ2v) is 5.69. The van der Waals surface area contributed by atoms with E-state index >= 15 is 0 Å². The quantitative estimate of drug-likeness (QED) is 0.397. The lowest BCUT2D eigenvalue weighted by Crippen LogP contribution is -2.40. The fraction of sp³-hybridized carbons (Fsp3) is 0.750. The number of carbonyl (C=O) groups is 1. The molecule has 0 aliphatic carbocycles. The van der Waals surface area contributed by atoms with Crippen LogP contribution in [0.25, 0.3) is 0 Å². The molecule has 0 radical (unpaired) electrons. The minimum absolute atomic E-state index is 0.304. The number of hydrogen-bond acceptors (Lipinski definition) is 2. The molecule has 0 aliphatic heterocycles. The van der Waals surface area contributed by atoms with Gasteiger partial charge in [0.1, 0.15) is 5.60 Å². The molecule has 0 aromatic rings. The summed E-state index contributed by atoms with van der Waals surface area (Å²) in [4.78, 5) is 11.4. The second kappa shape index (κ2) is 4.79. The molecule has 0 atom stereocenters. The zero-order valence-electron chi connectivity index (χ0n) is 10.9. The predicted octanol–water partition coefficient (Wildman–Crippen LogP) is 1.98. The van der Waals surface area contributed by atoms with Crippen molar-refractivity contribution in [3.05, 3.63) is 12.2 Å². The van der Waals surface area contributed by atoms with E-state index in [0.717, 1.165) is 17.4 Å². The van der Waals surface area contributed by atoms with Crippen LogP contribution in [-0.4, -0.2) is 43.7 Å². The highest BCUT2D eigenvalue weighted by atomic mass is 16.6. The molecule has 0 aliphatic rings. The molecular formula is C12H24NO2+. The lowest BCUT2D eigenvalue weighted by molar-refractivity contribution is -0.871. The van der Waals surface area contributed by atoms with Gasteiger partial charge in [0, 0.05) is 12.0 Å². The Morgan fingerprint density at radius 3 is 2.13 bits per heavy atom. The lowest BCUT2D eigenvalue weighted by Gasteiger charge is -2.30. The molecule has 0 rings (SSSR count). The molecule has 0 heterocycles. The van der Waals surface area contributed by atoms with E-state index in [1.54, 1.807) is 6.92 Å². The summed E-state index contributed by atoms with van der Waals surface area (Å²) in [5.41, 5.74) is 0.0370. The van der Waals surface area contributed by atoms with Crippen molar-refractivity contribution in [3.63, 3.8) is 0 Å². The van der Waals surface area contributed by atoms with Crippen LogP contribution in [0.1, 0.15) is 27.2 Å². The molecule has 88 valence electrons. The van der Waals surface area contributed by atoms with Crippen LogP contribution >= 0.6 is 0 Å². The smallest absolute Gasteiger partial charge is 0.333 e. The molecular weight excluding hydrogens is 190 g/mol. The van der Waals surface area contributed by atoms with E-state index in [2.05, 4.69) is 27.7 Å². The monoisotopic (exact) mass is 214 g/mol. The van der Waals surface area contributed by atoms with E-state index in [1.165, 1.54) is 0 Å². The summed E-state index contributed by atoms with van der Waals surface area (Å²) in [6, 6.07) is 0. The summed E-state index contributed by atoms with van der Waals surface area (Å²) in [6.07, 6.45) is 0.843. The highest BCUT2D eigenvalue weighted by Gasteiger charge is 2.25. The van der Waals surface area contributed by atoms with E-state index in [0.29, 0.717) is 5.57 Å². The standard InChI is InChI=1S/C12H24NO2/c1-10(2)11(14)15-12(3,4)8-9-13(5,6)7/h1,8-9H2,2-7H3/q+1. The minimum atomic E-state index is -0.415. The Morgan fingerprint density at radius 1 is 1.33 bits per heavy atom. The van der Waals surface area contributed by atoms with Crippen LogP contribution in [0, 0.1) is 0 Å². The van der Waals surface area contributed by atoms with Crippen LogP contribution in [0.2, 0.25) is 0 Å². The molecule has 0 spiro atoms. The Labute approximate surface area is 93.3 Å². The van der Waals surface area contributed by atoms with Crippen molar-refractivity contribution in [2.45, 2.75) is 32.8 Å². The van der Waals surface area contributed by atoms with Crippen LogP contribution in [-0.2, 0) is 9.53 Å². The average molecular weight is 214 g/mol. The van der Waals surface area contributed by atoms with Crippen LogP contribution in [0.4, 0.5) is 0 Å². The van der Waals surface area contributed by atoms with Gasteiger partial charge in [0.15, 0.2) is 0 Å². The molecule has 3 heteroatoms. The van der Waals surface area contributed by atoms with Crippen LogP contribution in [0.15, 0.2) is 12.2 Å². The fourth-order valence-corrected chi connectivity index (χ4v) is 0.994. The van der Waals surface area contributed by atoms with E-state index in [9.17, 15) is 4.79 Å². The molecule has 0 unspecified atom stereocenters. The van der Waals surface area contributed by atoms with Crippen LogP contribution < -0.4 is 0 Å².